The van der Waals surface area contributed by atoms with Crippen LogP contribution in [0.2, 0.25) is 0 Å². The van der Waals surface area contributed by atoms with Gasteiger partial charge in [-0.25, -0.2) is 4.39 Å². The summed E-state index contributed by atoms with van der Waals surface area (Å²) in [5, 5.41) is 5.77. The van der Waals surface area contributed by atoms with Crippen LogP contribution in [-0.2, 0) is 0 Å². The lowest BCUT2D eigenvalue weighted by molar-refractivity contribution is 0.0977. The number of amides is 1. The van der Waals surface area contributed by atoms with Crippen molar-refractivity contribution in [3.63, 3.8) is 0 Å². The van der Waals surface area contributed by atoms with E-state index in [2.05, 4.69) is 10.6 Å². The van der Waals surface area contributed by atoms with Crippen LogP contribution in [0.4, 0.5) is 10.1 Å². The van der Waals surface area contributed by atoms with E-state index in [-0.39, 0.29) is 10.7 Å². The maximum Gasteiger partial charge on any atom is 0.257 e. The maximum atomic E-state index is 13.1. The van der Waals surface area contributed by atoms with Gasteiger partial charge in [0.25, 0.3) is 5.91 Å². The molecule has 0 saturated carbocycles. The molecule has 5 heteroatoms. The number of aryl methyl sites for hydroxylation is 3. The van der Waals surface area contributed by atoms with Gasteiger partial charge in [-0.15, -0.1) is 0 Å². The first kappa shape index (κ1) is 16.1. The van der Waals surface area contributed by atoms with Crippen molar-refractivity contribution in [1.29, 1.82) is 0 Å². The molecule has 3 nitrogen and oxygen atoms in total. The lowest BCUT2D eigenvalue weighted by Crippen LogP contribution is -2.34. The summed E-state index contributed by atoms with van der Waals surface area (Å²) in [5.74, 6) is -0.906. The van der Waals surface area contributed by atoms with Gasteiger partial charge in [-0.1, -0.05) is 23.8 Å². The third kappa shape index (κ3) is 3.89. The fourth-order valence-electron chi connectivity index (χ4n) is 2.33. The van der Waals surface area contributed by atoms with E-state index < -0.39 is 11.7 Å². The number of hydrogen-bond donors (Lipinski definition) is 2. The average Bonchev–Trinajstić information content (AvgIpc) is 2.42. The molecule has 2 aromatic carbocycles. The van der Waals surface area contributed by atoms with Crippen LogP contribution in [0, 0.1) is 26.6 Å². The van der Waals surface area contributed by atoms with Crippen molar-refractivity contribution in [2.45, 2.75) is 20.8 Å². The Morgan fingerprint density at radius 3 is 2.32 bits per heavy atom. The van der Waals surface area contributed by atoms with Crippen LogP contribution in [0.3, 0.4) is 0 Å². The summed E-state index contributed by atoms with van der Waals surface area (Å²) in [5.41, 5.74) is 4.34. The normalized spacial score (nSPS) is 10.2. The molecule has 0 fully saturated rings. The summed E-state index contributed by atoms with van der Waals surface area (Å²) >= 11 is 5.16. The van der Waals surface area contributed by atoms with Gasteiger partial charge in [-0.2, -0.15) is 0 Å². The quantitative estimate of drug-likeness (QED) is 0.826. The van der Waals surface area contributed by atoms with Crippen LogP contribution >= 0.6 is 12.2 Å². The Kier molecular flexibility index (Phi) is 4.88. The Morgan fingerprint density at radius 1 is 1.09 bits per heavy atom. The smallest absolute Gasteiger partial charge is 0.257 e. The number of halogens is 1. The highest BCUT2D eigenvalue weighted by atomic mass is 32.1. The highest BCUT2D eigenvalue weighted by Crippen LogP contribution is 2.21. The van der Waals surface area contributed by atoms with Gasteiger partial charge in [0.05, 0.1) is 0 Å². The molecule has 0 aliphatic carbocycles. The number of benzene rings is 2. The van der Waals surface area contributed by atoms with Gasteiger partial charge in [0.1, 0.15) is 5.82 Å². The second kappa shape index (κ2) is 6.66. The number of rotatable bonds is 2. The molecule has 2 aromatic rings. The first-order chi connectivity index (χ1) is 10.4. The molecular formula is C17H17FN2OS. The molecule has 114 valence electrons. The van der Waals surface area contributed by atoms with Gasteiger partial charge in [0, 0.05) is 11.3 Å². The first-order valence-corrected chi connectivity index (χ1v) is 7.23. The zero-order valence-corrected chi connectivity index (χ0v) is 13.5. The predicted molar refractivity (Wildman–Crippen MR) is 90.7 cm³/mol. The van der Waals surface area contributed by atoms with Crippen molar-refractivity contribution in [2.75, 3.05) is 5.32 Å². The monoisotopic (exact) mass is 316 g/mol. The fourth-order valence-corrected chi connectivity index (χ4v) is 2.52. The number of hydrogen-bond acceptors (Lipinski definition) is 2. The minimum absolute atomic E-state index is 0.185. The summed E-state index contributed by atoms with van der Waals surface area (Å²) in [7, 11) is 0. The Balaban J connectivity index is 2.09. The molecule has 2 rings (SSSR count). The van der Waals surface area contributed by atoms with Crippen LogP contribution in [0.25, 0.3) is 0 Å². The Labute approximate surface area is 134 Å². The molecule has 2 N–H and O–H groups in total. The van der Waals surface area contributed by atoms with E-state index in [1.54, 1.807) is 0 Å². The molecule has 1 amide bonds. The second-order valence-electron chi connectivity index (χ2n) is 5.19. The zero-order chi connectivity index (χ0) is 16.3. The molecule has 0 aliphatic heterocycles. The summed E-state index contributed by atoms with van der Waals surface area (Å²) in [6.07, 6.45) is 0. The first-order valence-electron chi connectivity index (χ1n) is 6.82. The molecule has 0 saturated heterocycles. The van der Waals surface area contributed by atoms with Crippen molar-refractivity contribution < 1.29 is 9.18 Å². The molecule has 0 spiro atoms. The van der Waals surface area contributed by atoms with Gasteiger partial charge in [-0.05, 0) is 62.3 Å². The SMILES string of the molecule is Cc1cc(C)c(NC(=S)NC(=O)c2cccc(F)c2)c(C)c1. The largest absolute Gasteiger partial charge is 0.332 e. The van der Waals surface area contributed by atoms with Gasteiger partial charge in [-0.3, -0.25) is 10.1 Å². The second-order valence-corrected chi connectivity index (χ2v) is 5.60. The van der Waals surface area contributed by atoms with Gasteiger partial charge in [0.15, 0.2) is 5.11 Å². The van der Waals surface area contributed by atoms with E-state index in [4.69, 9.17) is 12.2 Å². The predicted octanol–water partition coefficient (Wildman–Crippen LogP) is 3.88. The molecule has 0 unspecified atom stereocenters. The number of carbonyl (C=O) groups is 1. The number of nitrogens with one attached hydrogen (secondary N) is 2. The highest BCUT2D eigenvalue weighted by Gasteiger charge is 2.10. The van der Waals surface area contributed by atoms with Crippen molar-refractivity contribution in [3.8, 4) is 0 Å². The topological polar surface area (TPSA) is 41.1 Å². The minimum atomic E-state index is -0.461. The fraction of sp³-hybridized carbons (Fsp3) is 0.176. The molecule has 0 heterocycles. The van der Waals surface area contributed by atoms with Gasteiger partial charge in [0.2, 0.25) is 0 Å². The van der Waals surface area contributed by atoms with E-state index in [0.29, 0.717) is 0 Å². The third-order valence-corrected chi connectivity index (χ3v) is 3.43. The number of anilines is 1. The summed E-state index contributed by atoms with van der Waals surface area (Å²) in [6, 6.07) is 9.53. The molecule has 0 aromatic heterocycles. The number of thiocarbonyl (C=S) groups is 1. The summed E-state index contributed by atoms with van der Waals surface area (Å²) < 4.78 is 13.1. The molecular weight excluding hydrogens is 299 g/mol. The Morgan fingerprint density at radius 2 is 1.73 bits per heavy atom. The molecule has 0 radical (unpaired) electrons. The molecule has 22 heavy (non-hydrogen) atoms. The highest BCUT2D eigenvalue weighted by molar-refractivity contribution is 7.80. The van der Waals surface area contributed by atoms with Gasteiger partial charge < -0.3 is 5.32 Å². The minimum Gasteiger partial charge on any atom is -0.332 e. The third-order valence-electron chi connectivity index (χ3n) is 3.23. The van der Waals surface area contributed by atoms with E-state index >= 15 is 0 Å². The standard InChI is InChI=1S/C17H17FN2OS/c1-10-7-11(2)15(12(3)8-10)19-17(22)20-16(21)13-5-4-6-14(18)9-13/h4-9H,1-3H3,(H2,19,20,21,22). The molecule has 0 atom stereocenters. The number of carbonyl (C=O) groups excluding carboxylic acids is 1. The van der Waals surface area contributed by atoms with E-state index in [1.807, 2.05) is 32.9 Å². The Bertz CT molecular complexity index is 720. The van der Waals surface area contributed by atoms with Crippen molar-refractivity contribution in [1.82, 2.24) is 5.32 Å². The van der Waals surface area contributed by atoms with Crippen LogP contribution in [0.1, 0.15) is 27.0 Å². The summed E-state index contributed by atoms with van der Waals surface area (Å²) in [6.45, 7) is 5.96. The molecule has 0 aliphatic rings. The van der Waals surface area contributed by atoms with Crippen LogP contribution < -0.4 is 10.6 Å². The van der Waals surface area contributed by atoms with Crippen molar-refractivity contribution >= 4 is 28.9 Å². The van der Waals surface area contributed by atoms with Crippen LogP contribution in [-0.4, -0.2) is 11.0 Å². The molecule has 0 bridgehead atoms. The zero-order valence-electron chi connectivity index (χ0n) is 12.7. The van der Waals surface area contributed by atoms with Crippen LogP contribution in [0.15, 0.2) is 36.4 Å². The lowest BCUT2D eigenvalue weighted by atomic mass is 10.1. The van der Waals surface area contributed by atoms with Crippen molar-refractivity contribution in [3.05, 3.63) is 64.5 Å². The maximum absolute atomic E-state index is 13.1. The van der Waals surface area contributed by atoms with E-state index in [1.165, 1.54) is 24.3 Å². The van der Waals surface area contributed by atoms with Crippen LogP contribution in [0.5, 0.6) is 0 Å². The van der Waals surface area contributed by atoms with Gasteiger partial charge >= 0.3 is 0 Å². The lowest BCUT2D eigenvalue weighted by Gasteiger charge is -2.15. The Hall–Kier alpha value is -2.27. The average molecular weight is 316 g/mol. The summed E-state index contributed by atoms with van der Waals surface area (Å²) in [4.78, 5) is 12.0. The van der Waals surface area contributed by atoms with Crippen molar-refractivity contribution in [2.24, 2.45) is 0 Å². The van der Waals surface area contributed by atoms with E-state index in [0.717, 1.165) is 22.4 Å². The van der Waals surface area contributed by atoms with E-state index in [9.17, 15) is 9.18 Å².